The molecule has 6 nitrogen and oxygen atoms in total. The number of hydrogen-bond acceptors (Lipinski definition) is 3. The minimum absolute atomic E-state index is 0.0731. The number of carbonyl (C=O) groups excluding carboxylic acids is 1. The van der Waals surface area contributed by atoms with Crippen molar-refractivity contribution in [2.75, 3.05) is 0 Å². The molecule has 1 amide bonds. The van der Waals surface area contributed by atoms with E-state index in [4.69, 9.17) is 5.11 Å². The van der Waals surface area contributed by atoms with Gasteiger partial charge in [0.05, 0.1) is 0 Å². The number of carboxylic acid groups (broad SMARTS) is 2. The molecule has 0 fully saturated rings. The summed E-state index contributed by atoms with van der Waals surface area (Å²) in [4.78, 5) is 34.7. The fourth-order valence-electron chi connectivity index (χ4n) is 2.71. The zero-order chi connectivity index (χ0) is 16.1. The van der Waals surface area contributed by atoms with E-state index in [0.29, 0.717) is 12.8 Å². The van der Waals surface area contributed by atoms with Gasteiger partial charge in [-0.3, -0.25) is 9.59 Å². The summed E-state index contributed by atoms with van der Waals surface area (Å²) >= 11 is 0. The molecule has 0 aliphatic carbocycles. The molecule has 1 aliphatic rings. The third-order valence-electron chi connectivity index (χ3n) is 3.96. The van der Waals surface area contributed by atoms with Crippen molar-refractivity contribution in [2.45, 2.75) is 38.1 Å². The van der Waals surface area contributed by atoms with Crippen LogP contribution in [0.5, 0.6) is 0 Å². The van der Waals surface area contributed by atoms with E-state index in [9.17, 15) is 19.5 Å². The van der Waals surface area contributed by atoms with Crippen molar-refractivity contribution < 1.29 is 24.6 Å². The highest BCUT2D eigenvalue weighted by atomic mass is 16.4. The Hall–Kier alpha value is -2.37. The first kappa shape index (κ1) is 16.0. The topological polar surface area (TPSA) is 104 Å². The van der Waals surface area contributed by atoms with Crippen LogP contribution in [0.15, 0.2) is 24.3 Å². The van der Waals surface area contributed by atoms with Gasteiger partial charge in [-0.2, -0.15) is 0 Å². The first-order valence-electron chi connectivity index (χ1n) is 7.32. The third-order valence-corrected chi connectivity index (χ3v) is 3.96. The molecular weight excluding hydrogens is 286 g/mol. The van der Waals surface area contributed by atoms with Gasteiger partial charge in [0.15, 0.2) is 0 Å². The summed E-state index contributed by atoms with van der Waals surface area (Å²) in [7, 11) is 0. The summed E-state index contributed by atoms with van der Waals surface area (Å²) in [5.74, 6) is -4.39. The van der Waals surface area contributed by atoms with Crippen LogP contribution in [0.25, 0.3) is 0 Å². The molecule has 1 aromatic carbocycles. The van der Waals surface area contributed by atoms with Crippen molar-refractivity contribution in [2.24, 2.45) is 5.92 Å². The van der Waals surface area contributed by atoms with Crippen molar-refractivity contribution in [1.29, 1.82) is 0 Å². The van der Waals surface area contributed by atoms with Crippen molar-refractivity contribution in [3.8, 4) is 0 Å². The van der Waals surface area contributed by atoms with E-state index in [1.54, 1.807) is 0 Å². The normalized spacial score (nSPS) is 22.8. The van der Waals surface area contributed by atoms with E-state index in [0.717, 1.165) is 24.0 Å². The van der Waals surface area contributed by atoms with Crippen LogP contribution in [-0.2, 0) is 27.2 Å². The van der Waals surface area contributed by atoms with Crippen LogP contribution in [0.4, 0.5) is 0 Å². The Morgan fingerprint density at radius 2 is 1.73 bits per heavy atom. The molecule has 22 heavy (non-hydrogen) atoms. The SMILES string of the molecule is O=C(O)C1Cc2ccccc2CCCC[C@@H](C(=O)O)NC1=O. The summed E-state index contributed by atoms with van der Waals surface area (Å²) in [6, 6.07) is 6.42. The zero-order valence-electron chi connectivity index (χ0n) is 12.1. The quantitative estimate of drug-likeness (QED) is 0.713. The maximum absolute atomic E-state index is 12.2. The van der Waals surface area contributed by atoms with Gasteiger partial charge in [-0.05, 0) is 36.8 Å². The second-order valence-electron chi connectivity index (χ2n) is 5.51. The van der Waals surface area contributed by atoms with Gasteiger partial charge in [-0.25, -0.2) is 4.79 Å². The fourth-order valence-corrected chi connectivity index (χ4v) is 2.71. The van der Waals surface area contributed by atoms with Crippen LogP contribution in [0.3, 0.4) is 0 Å². The Morgan fingerprint density at radius 1 is 1.05 bits per heavy atom. The highest BCUT2D eigenvalue weighted by molar-refractivity contribution is 5.98. The second-order valence-corrected chi connectivity index (χ2v) is 5.51. The predicted octanol–water partition coefficient (Wildman–Crippen LogP) is 1.23. The van der Waals surface area contributed by atoms with Gasteiger partial charge in [0.1, 0.15) is 12.0 Å². The fraction of sp³-hybridized carbons (Fsp3) is 0.438. The monoisotopic (exact) mass is 305 g/mol. The van der Waals surface area contributed by atoms with Crippen LogP contribution in [0, 0.1) is 5.92 Å². The summed E-state index contributed by atoms with van der Waals surface area (Å²) in [5, 5.41) is 20.8. The third kappa shape index (κ3) is 3.84. The number of hydrogen-bond donors (Lipinski definition) is 3. The lowest BCUT2D eigenvalue weighted by atomic mass is 9.93. The molecule has 1 aromatic rings. The minimum atomic E-state index is -1.28. The van der Waals surface area contributed by atoms with E-state index in [1.807, 2.05) is 24.3 Å². The van der Waals surface area contributed by atoms with Crippen molar-refractivity contribution in [1.82, 2.24) is 5.32 Å². The van der Waals surface area contributed by atoms with Gasteiger partial charge in [0, 0.05) is 0 Å². The lowest BCUT2D eigenvalue weighted by Crippen LogP contribution is -2.46. The van der Waals surface area contributed by atoms with E-state index < -0.39 is 29.8 Å². The molecule has 3 N–H and O–H groups in total. The lowest BCUT2D eigenvalue weighted by molar-refractivity contribution is -0.149. The predicted molar refractivity (Wildman–Crippen MR) is 78.4 cm³/mol. The Morgan fingerprint density at radius 3 is 2.36 bits per heavy atom. The maximum atomic E-state index is 12.2. The highest BCUT2D eigenvalue weighted by Crippen LogP contribution is 2.19. The van der Waals surface area contributed by atoms with Crippen LogP contribution >= 0.6 is 0 Å². The van der Waals surface area contributed by atoms with Crippen molar-refractivity contribution >= 4 is 17.8 Å². The zero-order valence-corrected chi connectivity index (χ0v) is 12.1. The molecule has 1 unspecified atom stereocenters. The Balaban J connectivity index is 2.31. The van der Waals surface area contributed by atoms with Gasteiger partial charge in [0.2, 0.25) is 5.91 Å². The Labute approximate surface area is 128 Å². The molecule has 1 aliphatic heterocycles. The first-order chi connectivity index (χ1) is 10.5. The molecule has 0 saturated carbocycles. The average Bonchev–Trinajstić information content (AvgIpc) is 2.50. The van der Waals surface area contributed by atoms with Crippen molar-refractivity contribution in [3.63, 3.8) is 0 Å². The van der Waals surface area contributed by atoms with Crippen molar-refractivity contribution in [3.05, 3.63) is 35.4 Å². The molecule has 0 radical (unpaired) electrons. The number of carboxylic acids is 2. The minimum Gasteiger partial charge on any atom is -0.481 e. The number of carbonyl (C=O) groups is 3. The van der Waals surface area contributed by atoms with E-state index in [-0.39, 0.29) is 6.42 Å². The van der Waals surface area contributed by atoms with Gasteiger partial charge >= 0.3 is 11.9 Å². The first-order valence-corrected chi connectivity index (χ1v) is 7.32. The molecule has 2 atom stereocenters. The van der Waals surface area contributed by atoms with Crippen LogP contribution < -0.4 is 5.32 Å². The molecule has 2 rings (SSSR count). The van der Waals surface area contributed by atoms with E-state index in [2.05, 4.69) is 5.32 Å². The molecule has 0 aromatic heterocycles. The number of fused-ring (bicyclic) bond motifs is 1. The van der Waals surface area contributed by atoms with Gasteiger partial charge in [-0.15, -0.1) is 0 Å². The summed E-state index contributed by atoms with van der Waals surface area (Å²) in [5.41, 5.74) is 1.86. The molecule has 6 heteroatoms. The smallest absolute Gasteiger partial charge is 0.326 e. The highest BCUT2D eigenvalue weighted by Gasteiger charge is 2.31. The second kappa shape index (κ2) is 7.06. The van der Waals surface area contributed by atoms with Crippen LogP contribution in [-0.4, -0.2) is 34.1 Å². The molecular formula is C16H19NO5. The Kier molecular flexibility index (Phi) is 5.14. The van der Waals surface area contributed by atoms with Crippen LogP contribution in [0.1, 0.15) is 30.4 Å². The average molecular weight is 305 g/mol. The van der Waals surface area contributed by atoms with Gasteiger partial charge in [0.25, 0.3) is 0 Å². The molecule has 0 bridgehead atoms. The number of rotatable bonds is 2. The van der Waals surface area contributed by atoms with Crippen LogP contribution in [0.2, 0.25) is 0 Å². The largest absolute Gasteiger partial charge is 0.481 e. The van der Waals surface area contributed by atoms with Gasteiger partial charge < -0.3 is 15.5 Å². The number of nitrogens with one attached hydrogen (secondary N) is 1. The van der Waals surface area contributed by atoms with Gasteiger partial charge in [-0.1, -0.05) is 30.7 Å². The number of amides is 1. The summed E-state index contributed by atoms with van der Waals surface area (Å²) < 4.78 is 0. The summed E-state index contributed by atoms with van der Waals surface area (Å²) in [6.07, 6.45) is 2.58. The molecule has 1 heterocycles. The molecule has 118 valence electrons. The standard InChI is InChI=1S/C16H19NO5/c18-14-12(15(19)20)9-11-7-2-1-5-10(11)6-3-4-8-13(17-14)16(21)22/h1-2,5,7,12-13H,3-4,6,8-9H2,(H,17,18)(H,19,20)(H,21,22)/t12?,13-/m0/s1. The maximum Gasteiger partial charge on any atom is 0.326 e. The summed E-state index contributed by atoms with van der Waals surface area (Å²) in [6.45, 7) is 0. The lowest BCUT2D eigenvalue weighted by Gasteiger charge is -2.17. The molecule has 0 saturated heterocycles. The molecule has 0 spiro atoms. The number of aryl methyl sites for hydroxylation is 1. The van der Waals surface area contributed by atoms with E-state index >= 15 is 0 Å². The number of aliphatic carboxylic acids is 2. The van der Waals surface area contributed by atoms with E-state index in [1.165, 1.54) is 0 Å². The Bertz CT molecular complexity index is 584. The number of benzene rings is 1.